The van der Waals surface area contributed by atoms with Crippen LogP contribution >= 0.6 is 0 Å². The Balaban J connectivity index is 0.00000136. The van der Waals surface area contributed by atoms with E-state index in [9.17, 15) is 9.59 Å². The molecule has 2 aromatic rings. The number of nitrogens with zero attached hydrogens (tertiary/aromatic N) is 4. The van der Waals surface area contributed by atoms with Gasteiger partial charge in [0.25, 0.3) is 0 Å². The number of pyridine rings is 2. The van der Waals surface area contributed by atoms with E-state index in [4.69, 9.17) is 5.11 Å². The number of carbonyl (C=O) groups excluding carboxylic acids is 1. The molecule has 0 fully saturated rings. The molecule has 146 valence electrons. The summed E-state index contributed by atoms with van der Waals surface area (Å²) < 4.78 is 0. The summed E-state index contributed by atoms with van der Waals surface area (Å²) in [7, 11) is 0. The Kier molecular flexibility index (Phi) is 7.58. The van der Waals surface area contributed by atoms with Gasteiger partial charge in [0.2, 0.25) is 5.91 Å². The summed E-state index contributed by atoms with van der Waals surface area (Å²) in [5, 5.41) is 19.5. The minimum atomic E-state index is -1.02. The lowest BCUT2D eigenvalue weighted by Gasteiger charge is -2.14. The third-order valence-corrected chi connectivity index (χ3v) is 3.31. The van der Waals surface area contributed by atoms with E-state index in [2.05, 4.69) is 36.3 Å². The van der Waals surface area contributed by atoms with Gasteiger partial charge >= 0.3 is 5.97 Å². The van der Waals surface area contributed by atoms with E-state index in [1.54, 1.807) is 30.5 Å². The van der Waals surface area contributed by atoms with Crippen molar-refractivity contribution in [3.63, 3.8) is 0 Å². The molecule has 0 saturated heterocycles. The standard InChI is InChI=1S/C16H15N7O3.C2H6/c24-13(6-7-14(25)26)19-10-4-5-12(18-9-10)16-22-20-15(21-23-16)11-3-1-2-8-17-11;1-2/h1-5,8-9H,6-7H2,(H,19,24)(H,20,21)(H,22,23)(H,25,26);1-2H3. The van der Waals surface area contributed by atoms with Gasteiger partial charge < -0.3 is 10.4 Å². The fraction of sp³-hybridized carbons (Fsp3) is 0.222. The Morgan fingerprint density at radius 3 is 2.14 bits per heavy atom. The molecule has 0 spiro atoms. The second kappa shape index (κ2) is 10.4. The second-order valence-corrected chi connectivity index (χ2v) is 5.23. The number of aromatic nitrogens is 2. The van der Waals surface area contributed by atoms with Crippen LogP contribution in [-0.2, 0) is 9.59 Å². The van der Waals surface area contributed by atoms with Gasteiger partial charge in [-0.3, -0.25) is 30.4 Å². The summed E-state index contributed by atoms with van der Waals surface area (Å²) in [6.07, 6.45) is 2.79. The number of amidine groups is 2. The normalized spacial score (nSPS) is 12.2. The van der Waals surface area contributed by atoms with Gasteiger partial charge in [0.15, 0.2) is 11.7 Å². The van der Waals surface area contributed by atoms with Gasteiger partial charge in [0.1, 0.15) is 11.4 Å². The number of hydrazone groups is 2. The molecule has 1 aliphatic heterocycles. The van der Waals surface area contributed by atoms with E-state index < -0.39 is 5.97 Å². The van der Waals surface area contributed by atoms with Crippen molar-refractivity contribution in [2.75, 3.05) is 5.32 Å². The molecule has 0 radical (unpaired) electrons. The molecule has 0 aliphatic carbocycles. The molecule has 3 rings (SSSR count). The van der Waals surface area contributed by atoms with Crippen molar-refractivity contribution in [2.24, 2.45) is 10.2 Å². The zero-order valence-electron chi connectivity index (χ0n) is 15.5. The van der Waals surface area contributed by atoms with Gasteiger partial charge in [-0.25, -0.2) is 0 Å². The van der Waals surface area contributed by atoms with Crippen molar-refractivity contribution in [1.29, 1.82) is 0 Å². The predicted octanol–water partition coefficient (Wildman–Crippen LogP) is 1.52. The first kappa shape index (κ1) is 20.5. The number of hydrogen-bond donors (Lipinski definition) is 4. The largest absolute Gasteiger partial charge is 0.481 e. The molecule has 10 heteroatoms. The fourth-order valence-electron chi connectivity index (χ4n) is 2.05. The number of aliphatic carboxylic acids is 1. The van der Waals surface area contributed by atoms with Crippen molar-refractivity contribution in [3.8, 4) is 0 Å². The Labute approximate surface area is 161 Å². The first-order chi connectivity index (χ1) is 13.6. The van der Waals surface area contributed by atoms with Crippen molar-refractivity contribution in [1.82, 2.24) is 20.8 Å². The van der Waals surface area contributed by atoms with Crippen molar-refractivity contribution < 1.29 is 14.7 Å². The van der Waals surface area contributed by atoms with Crippen molar-refractivity contribution >= 4 is 29.2 Å². The minimum Gasteiger partial charge on any atom is -0.481 e. The number of carboxylic acids is 1. The van der Waals surface area contributed by atoms with E-state index in [1.807, 2.05) is 19.9 Å². The molecule has 0 unspecified atom stereocenters. The molecule has 0 atom stereocenters. The van der Waals surface area contributed by atoms with Gasteiger partial charge in [-0.1, -0.05) is 19.9 Å². The van der Waals surface area contributed by atoms with Crippen LogP contribution in [0.25, 0.3) is 0 Å². The molecular formula is C18H21N7O3. The first-order valence-electron chi connectivity index (χ1n) is 8.69. The third kappa shape index (κ3) is 5.87. The molecule has 4 N–H and O–H groups in total. The van der Waals surface area contributed by atoms with E-state index in [1.165, 1.54) is 6.20 Å². The summed E-state index contributed by atoms with van der Waals surface area (Å²) in [5.74, 6) is -0.514. The molecule has 3 heterocycles. The van der Waals surface area contributed by atoms with E-state index in [0.717, 1.165) is 0 Å². The maximum atomic E-state index is 11.6. The van der Waals surface area contributed by atoms with Gasteiger partial charge in [-0.15, -0.1) is 0 Å². The van der Waals surface area contributed by atoms with Crippen molar-refractivity contribution in [3.05, 3.63) is 54.1 Å². The van der Waals surface area contributed by atoms with Crippen LogP contribution < -0.4 is 16.2 Å². The summed E-state index contributed by atoms with van der Waals surface area (Å²) >= 11 is 0. The summed E-state index contributed by atoms with van der Waals surface area (Å²) in [4.78, 5) is 30.4. The lowest BCUT2D eigenvalue weighted by molar-refractivity contribution is -0.138. The molecule has 28 heavy (non-hydrogen) atoms. The second-order valence-electron chi connectivity index (χ2n) is 5.23. The monoisotopic (exact) mass is 383 g/mol. The van der Waals surface area contributed by atoms with Crippen molar-refractivity contribution in [2.45, 2.75) is 26.7 Å². The smallest absolute Gasteiger partial charge is 0.303 e. The molecule has 0 saturated carbocycles. The van der Waals surface area contributed by atoms with Crippen LogP contribution in [0.2, 0.25) is 0 Å². The van der Waals surface area contributed by atoms with Crippen LogP contribution in [0.3, 0.4) is 0 Å². The number of anilines is 1. The Morgan fingerprint density at radius 1 is 0.964 bits per heavy atom. The van der Waals surface area contributed by atoms with Gasteiger partial charge in [0.05, 0.1) is 18.3 Å². The number of nitrogens with one attached hydrogen (secondary N) is 3. The highest BCUT2D eigenvalue weighted by Crippen LogP contribution is 2.08. The Bertz CT molecular complexity index is 865. The molecule has 1 aliphatic rings. The molecule has 2 aromatic heterocycles. The van der Waals surface area contributed by atoms with Crippen LogP contribution in [0.1, 0.15) is 38.1 Å². The topological polar surface area (TPSA) is 141 Å². The van der Waals surface area contributed by atoms with E-state index in [-0.39, 0.29) is 18.7 Å². The molecular weight excluding hydrogens is 362 g/mol. The molecule has 0 bridgehead atoms. The van der Waals surface area contributed by atoms with Crippen LogP contribution in [0.4, 0.5) is 5.69 Å². The van der Waals surface area contributed by atoms with Crippen LogP contribution in [0.5, 0.6) is 0 Å². The highest BCUT2D eigenvalue weighted by atomic mass is 16.4. The maximum absolute atomic E-state index is 11.6. The highest BCUT2D eigenvalue weighted by Gasteiger charge is 2.13. The lowest BCUT2D eigenvalue weighted by Crippen LogP contribution is -2.35. The minimum absolute atomic E-state index is 0.0969. The van der Waals surface area contributed by atoms with Crippen LogP contribution in [-0.4, -0.2) is 38.6 Å². The zero-order valence-corrected chi connectivity index (χ0v) is 15.5. The number of rotatable bonds is 6. The molecule has 1 amide bonds. The predicted molar refractivity (Wildman–Crippen MR) is 105 cm³/mol. The third-order valence-electron chi connectivity index (χ3n) is 3.31. The van der Waals surface area contributed by atoms with Gasteiger partial charge in [0, 0.05) is 12.6 Å². The summed E-state index contributed by atoms with van der Waals surface area (Å²) in [5.41, 5.74) is 7.23. The highest BCUT2D eigenvalue weighted by molar-refractivity contribution is 6.04. The average molecular weight is 383 g/mol. The lowest BCUT2D eigenvalue weighted by atomic mass is 10.2. The number of carboxylic acid groups (broad SMARTS) is 1. The molecule has 0 aromatic carbocycles. The first-order valence-corrected chi connectivity index (χ1v) is 8.69. The zero-order chi connectivity index (χ0) is 20.4. The average Bonchev–Trinajstić information content (AvgIpc) is 2.75. The van der Waals surface area contributed by atoms with Gasteiger partial charge in [-0.2, -0.15) is 10.2 Å². The number of amides is 1. The summed E-state index contributed by atoms with van der Waals surface area (Å²) in [6, 6.07) is 8.75. The van der Waals surface area contributed by atoms with Crippen LogP contribution in [0.15, 0.2) is 52.9 Å². The summed E-state index contributed by atoms with van der Waals surface area (Å²) in [6.45, 7) is 4.00. The SMILES string of the molecule is CC.O=C(O)CCC(=O)Nc1ccc(C2=NNC(c3ccccn3)=NN2)nc1. The van der Waals surface area contributed by atoms with E-state index in [0.29, 0.717) is 28.7 Å². The van der Waals surface area contributed by atoms with Gasteiger partial charge in [-0.05, 0) is 24.3 Å². The van der Waals surface area contributed by atoms with Crippen LogP contribution in [0, 0.1) is 0 Å². The molecule has 10 nitrogen and oxygen atoms in total. The number of carbonyl (C=O) groups is 2. The Hall–Kier alpha value is -3.82. The number of hydrogen-bond acceptors (Lipinski definition) is 8. The fourth-order valence-corrected chi connectivity index (χ4v) is 2.05. The van der Waals surface area contributed by atoms with E-state index >= 15 is 0 Å². The maximum Gasteiger partial charge on any atom is 0.303 e. The Morgan fingerprint density at radius 2 is 1.64 bits per heavy atom. The quantitative estimate of drug-likeness (QED) is 0.592.